The average Bonchev–Trinajstić information content (AvgIpc) is 2.21. The van der Waals surface area contributed by atoms with Gasteiger partial charge in [0.15, 0.2) is 0 Å². The molecule has 1 aromatic rings. The lowest BCUT2D eigenvalue weighted by Crippen LogP contribution is -2.18. The van der Waals surface area contributed by atoms with Gasteiger partial charge in [-0.05, 0) is 13.1 Å². The summed E-state index contributed by atoms with van der Waals surface area (Å²) in [4.78, 5) is 1.74. The number of rotatable bonds is 4. The number of methoxy groups -OCH3 is 1. The highest BCUT2D eigenvalue weighted by molar-refractivity contribution is 5.28. The first-order valence-corrected chi connectivity index (χ1v) is 4.55. The van der Waals surface area contributed by atoms with Crippen molar-refractivity contribution in [2.24, 2.45) is 0 Å². The van der Waals surface area contributed by atoms with Crippen molar-refractivity contribution < 1.29 is 9.13 Å². The zero-order valence-corrected chi connectivity index (χ0v) is 8.83. The summed E-state index contributed by atoms with van der Waals surface area (Å²) >= 11 is 0. The molecule has 0 unspecified atom stereocenters. The normalized spacial score (nSPS) is 10.1. The van der Waals surface area contributed by atoms with Crippen LogP contribution in [0.4, 0.5) is 4.39 Å². The van der Waals surface area contributed by atoms with Gasteiger partial charge in [-0.15, -0.1) is 0 Å². The van der Waals surface area contributed by atoms with Crippen molar-refractivity contribution in [3.63, 3.8) is 0 Å². The Kier molecular flexibility index (Phi) is 4.07. The summed E-state index contributed by atoms with van der Waals surface area (Å²) < 4.78 is 18.3. The van der Waals surface area contributed by atoms with E-state index in [2.05, 4.69) is 0 Å². The fourth-order valence-electron chi connectivity index (χ4n) is 1.25. The van der Waals surface area contributed by atoms with Gasteiger partial charge < -0.3 is 4.74 Å². The lowest BCUT2D eigenvalue weighted by atomic mass is 10.2. The Balaban J connectivity index is 2.74. The summed E-state index contributed by atoms with van der Waals surface area (Å²) in [5.74, 6) is 0.193. The lowest BCUT2D eigenvalue weighted by molar-refractivity contribution is 0.358. The SMILES string of the molecule is COc1ccc(CN(C)CC#N)c(F)c1. The molecule has 0 N–H and O–H groups in total. The van der Waals surface area contributed by atoms with Gasteiger partial charge in [0.05, 0.1) is 19.7 Å². The number of nitriles is 1. The average molecular weight is 208 g/mol. The third kappa shape index (κ3) is 3.22. The molecule has 1 rings (SSSR count). The second-order valence-corrected chi connectivity index (χ2v) is 3.29. The summed E-state index contributed by atoms with van der Waals surface area (Å²) in [6.07, 6.45) is 0. The predicted molar refractivity (Wildman–Crippen MR) is 54.9 cm³/mol. The highest BCUT2D eigenvalue weighted by atomic mass is 19.1. The van der Waals surface area contributed by atoms with Crippen LogP contribution in [0.15, 0.2) is 18.2 Å². The minimum Gasteiger partial charge on any atom is -0.497 e. The first-order chi connectivity index (χ1) is 7.17. The van der Waals surface area contributed by atoms with Crippen LogP contribution in [-0.4, -0.2) is 25.6 Å². The molecule has 4 heteroatoms. The molecule has 0 spiro atoms. The first-order valence-electron chi connectivity index (χ1n) is 4.55. The van der Waals surface area contributed by atoms with Gasteiger partial charge in [-0.2, -0.15) is 5.26 Å². The summed E-state index contributed by atoms with van der Waals surface area (Å²) in [6, 6.07) is 6.73. The Morgan fingerprint density at radius 1 is 1.53 bits per heavy atom. The number of ether oxygens (including phenoxy) is 1. The molecular weight excluding hydrogens is 195 g/mol. The van der Waals surface area contributed by atoms with Crippen LogP contribution in [-0.2, 0) is 6.54 Å². The Hall–Kier alpha value is -1.60. The predicted octanol–water partition coefficient (Wildman–Crippen LogP) is 1.79. The molecule has 0 heterocycles. The van der Waals surface area contributed by atoms with Crippen molar-refractivity contribution in [3.8, 4) is 11.8 Å². The molecule has 0 amide bonds. The van der Waals surface area contributed by atoms with Crippen LogP contribution in [0.1, 0.15) is 5.56 Å². The van der Waals surface area contributed by atoms with Gasteiger partial charge in [-0.25, -0.2) is 4.39 Å². The molecule has 0 atom stereocenters. The lowest BCUT2D eigenvalue weighted by Gasteiger charge is -2.13. The minimum absolute atomic E-state index is 0.283. The van der Waals surface area contributed by atoms with Crippen molar-refractivity contribution >= 4 is 0 Å². The summed E-state index contributed by atoms with van der Waals surface area (Å²) in [5, 5.41) is 8.46. The van der Waals surface area contributed by atoms with E-state index in [-0.39, 0.29) is 12.4 Å². The molecular formula is C11H13FN2O. The zero-order chi connectivity index (χ0) is 11.3. The standard InChI is InChI=1S/C11H13FN2O/c1-14(6-5-13)8-9-3-4-10(15-2)7-11(9)12/h3-4,7H,6,8H2,1-2H3. The van der Waals surface area contributed by atoms with E-state index in [1.54, 1.807) is 24.1 Å². The van der Waals surface area contributed by atoms with E-state index in [9.17, 15) is 4.39 Å². The molecule has 3 nitrogen and oxygen atoms in total. The van der Waals surface area contributed by atoms with Crippen molar-refractivity contribution in [3.05, 3.63) is 29.6 Å². The number of hydrogen-bond acceptors (Lipinski definition) is 3. The molecule has 80 valence electrons. The molecule has 15 heavy (non-hydrogen) atoms. The van der Waals surface area contributed by atoms with Crippen molar-refractivity contribution in [2.75, 3.05) is 20.7 Å². The monoisotopic (exact) mass is 208 g/mol. The van der Waals surface area contributed by atoms with Gasteiger partial charge in [0.2, 0.25) is 0 Å². The molecule has 0 aromatic heterocycles. The summed E-state index contributed by atoms with van der Waals surface area (Å²) in [7, 11) is 3.27. The maximum absolute atomic E-state index is 13.4. The largest absolute Gasteiger partial charge is 0.497 e. The molecule has 0 saturated carbocycles. The number of nitrogens with zero attached hydrogens (tertiary/aromatic N) is 2. The number of halogens is 1. The zero-order valence-electron chi connectivity index (χ0n) is 8.83. The van der Waals surface area contributed by atoms with Crippen LogP contribution in [0, 0.1) is 17.1 Å². The topological polar surface area (TPSA) is 36.3 Å². The molecule has 0 saturated heterocycles. The molecule has 0 aliphatic heterocycles. The second kappa shape index (κ2) is 5.32. The summed E-state index contributed by atoms with van der Waals surface area (Å²) in [5.41, 5.74) is 0.563. The van der Waals surface area contributed by atoms with Gasteiger partial charge in [0.25, 0.3) is 0 Å². The molecule has 0 fully saturated rings. The van der Waals surface area contributed by atoms with E-state index < -0.39 is 0 Å². The number of hydrogen-bond donors (Lipinski definition) is 0. The van der Waals surface area contributed by atoms with E-state index in [0.717, 1.165) is 0 Å². The van der Waals surface area contributed by atoms with Crippen LogP contribution in [0.5, 0.6) is 5.75 Å². The Morgan fingerprint density at radius 2 is 2.27 bits per heavy atom. The van der Waals surface area contributed by atoms with Crippen LogP contribution in [0.3, 0.4) is 0 Å². The van der Waals surface area contributed by atoms with E-state index in [1.165, 1.54) is 13.2 Å². The maximum Gasteiger partial charge on any atom is 0.131 e. The van der Waals surface area contributed by atoms with Crippen LogP contribution in [0.25, 0.3) is 0 Å². The first kappa shape index (κ1) is 11.5. The fraction of sp³-hybridized carbons (Fsp3) is 0.364. The van der Waals surface area contributed by atoms with Crippen LogP contribution >= 0.6 is 0 Å². The minimum atomic E-state index is -0.306. The van der Waals surface area contributed by atoms with E-state index in [1.807, 2.05) is 6.07 Å². The van der Waals surface area contributed by atoms with E-state index in [0.29, 0.717) is 17.9 Å². The van der Waals surface area contributed by atoms with Gasteiger partial charge in [-0.1, -0.05) is 6.07 Å². The molecule has 0 radical (unpaired) electrons. The molecule has 0 aliphatic rings. The third-order valence-corrected chi connectivity index (χ3v) is 2.04. The Bertz CT molecular complexity index is 373. The second-order valence-electron chi connectivity index (χ2n) is 3.29. The Morgan fingerprint density at radius 3 is 2.80 bits per heavy atom. The van der Waals surface area contributed by atoms with Crippen LogP contribution < -0.4 is 4.74 Å². The maximum atomic E-state index is 13.4. The molecule has 1 aromatic carbocycles. The molecule has 0 aliphatic carbocycles. The van der Waals surface area contributed by atoms with Gasteiger partial charge in [-0.3, -0.25) is 4.90 Å². The van der Waals surface area contributed by atoms with Crippen molar-refractivity contribution in [1.29, 1.82) is 5.26 Å². The quantitative estimate of drug-likeness (QED) is 0.708. The smallest absolute Gasteiger partial charge is 0.131 e. The Labute approximate surface area is 88.7 Å². The third-order valence-electron chi connectivity index (χ3n) is 2.04. The highest BCUT2D eigenvalue weighted by Crippen LogP contribution is 2.17. The van der Waals surface area contributed by atoms with E-state index >= 15 is 0 Å². The van der Waals surface area contributed by atoms with Gasteiger partial charge in [0, 0.05) is 18.2 Å². The molecule has 0 bridgehead atoms. The van der Waals surface area contributed by atoms with E-state index in [4.69, 9.17) is 10.00 Å². The fourth-order valence-corrected chi connectivity index (χ4v) is 1.25. The van der Waals surface area contributed by atoms with Gasteiger partial charge >= 0.3 is 0 Å². The summed E-state index contributed by atoms with van der Waals surface area (Å²) in [6.45, 7) is 0.703. The van der Waals surface area contributed by atoms with Gasteiger partial charge in [0.1, 0.15) is 11.6 Å². The van der Waals surface area contributed by atoms with Crippen molar-refractivity contribution in [1.82, 2.24) is 4.90 Å². The highest BCUT2D eigenvalue weighted by Gasteiger charge is 2.06. The van der Waals surface area contributed by atoms with Crippen LogP contribution in [0.2, 0.25) is 0 Å². The van der Waals surface area contributed by atoms with Crippen molar-refractivity contribution in [2.45, 2.75) is 6.54 Å². The number of benzene rings is 1.